The highest BCUT2D eigenvalue weighted by atomic mass is 35.5. The maximum absolute atomic E-state index is 5.72. The summed E-state index contributed by atoms with van der Waals surface area (Å²) in [4.78, 5) is 1.29. The van der Waals surface area contributed by atoms with Crippen molar-refractivity contribution in [3.63, 3.8) is 0 Å². The molecule has 0 saturated carbocycles. The van der Waals surface area contributed by atoms with E-state index >= 15 is 0 Å². The Morgan fingerprint density at radius 3 is 3.00 bits per heavy atom. The zero-order valence-electron chi connectivity index (χ0n) is 6.51. The molecule has 1 aromatic rings. The first-order valence-corrected chi connectivity index (χ1v) is 5.07. The van der Waals surface area contributed by atoms with Crippen molar-refractivity contribution in [1.82, 2.24) is 0 Å². The summed E-state index contributed by atoms with van der Waals surface area (Å²) in [6, 6.07) is 4.16. The van der Waals surface area contributed by atoms with E-state index in [0.29, 0.717) is 5.88 Å². The zero-order chi connectivity index (χ0) is 8.10. The number of thiophene rings is 1. The van der Waals surface area contributed by atoms with Gasteiger partial charge in [-0.2, -0.15) is 0 Å². The van der Waals surface area contributed by atoms with Gasteiger partial charge in [-0.05, 0) is 23.9 Å². The van der Waals surface area contributed by atoms with Crippen molar-refractivity contribution < 1.29 is 0 Å². The lowest BCUT2D eigenvalue weighted by molar-refractivity contribution is 1.12. The van der Waals surface area contributed by atoms with Gasteiger partial charge in [-0.15, -0.1) is 22.9 Å². The van der Waals surface area contributed by atoms with Gasteiger partial charge in [0.15, 0.2) is 0 Å². The molecule has 0 saturated heterocycles. The second-order valence-corrected chi connectivity index (χ2v) is 3.55. The van der Waals surface area contributed by atoms with Gasteiger partial charge in [0, 0.05) is 10.8 Å². The van der Waals surface area contributed by atoms with Gasteiger partial charge in [0.05, 0.1) is 0 Å². The van der Waals surface area contributed by atoms with Crippen molar-refractivity contribution in [2.75, 3.05) is 5.88 Å². The van der Waals surface area contributed by atoms with E-state index in [-0.39, 0.29) is 0 Å². The predicted octanol–water partition coefficient (Wildman–Crippen LogP) is 3.78. The summed E-state index contributed by atoms with van der Waals surface area (Å²) in [5.41, 5.74) is 1.30. The standard InChI is InChI=1S/C9H11ClS/c1-2-8(7-10)6-9-4-3-5-11-9/h3-6H,2,7H2,1H3/b8-6-. The Balaban J connectivity index is 2.71. The van der Waals surface area contributed by atoms with Crippen LogP contribution < -0.4 is 0 Å². The lowest BCUT2D eigenvalue weighted by Gasteiger charge is -1.95. The predicted molar refractivity (Wildman–Crippen MR) is 53.3 cm³/mol. The third-order valence-corrected chi connectivity index (χ3v) is 2.68. The van der Waals surface area contributed by atoms with Gasteiger partial charge in [-0.25, -0.2) is 0 Å². The first-order valence-electron chi connectivity index (χ1n) is 3.65. The molecule has 0 unspecified atom stereocenters. The van der Waals surface area contributed by atoms with Crippen LogP contribution in [-0.2, 0) is 0 Å². The number of halogens is 1. The maximum atomic E-state index is 5.72. The molecule has 0 spiro atoms. The highest BCUT2D eigenvalue weighted by Gasteiger charge is 1.92. The Morgan fingerprint density at radius 1 is 1.73 bits per heavy atom. The van der Waals surface area contributed by atoms with Crippen LogP contribution in [0.3, 0.4) is 0 Å². The zero-order valence-corrected chi connectivity index (χ0v) is 8.08. The lowest BCUT2D eigenvalue weighted by atomic mass is 10.2. The molecule has 0 aliphatic carbocycles. The fourth-order valence-electron chi connectivity index (χ4n) is 0.810. The van der Waals surface area contributed by atoms with Crippen LogP contribution in [0.15, 0.2) is 23.1 Å². The summed E-state index contributed by atoms with van der Waals surface area (Å²) in [5.74, 6) is 0.647. The van der Waals surface area contributed by atoms with Gasteiger partial charge < -0.3 is 0 Å². The van der Waals surface area contributed by atoms with Crippen LogP contribution in [0.1, 0.15) is 18.2 Å². The Morgan fingerprint density at radius 2 is 2.55 bits per heavy atom. The Labute approximate surface area is 76.5 Å². The fraction of sp³-hybridized carbons (Fsp3) is 0.333. The summed E-state index contributed by atoms with van der Waals surface area (Å²) >= 11 is 7.47. The first-order chi connectivity index (χ1) is 5.36. The van der Waals surface area contributed by atoms with E-state index in [9.17, 15) is 0 Å². The molecule has 0 aliphatic rings. The highest BCUT2D eigenvalue weighted by molar-refractivity contribution is 7.10. The topological polar surface area (TPSA) is 0 Å². The number of hydrogen-bond acceptors (Lipinski definition) is 1. The van der Waals surface area contributed by atoms with Gasteiger partial charge in [0.2, 0.25) is 0 Å². The first kappa shape index (κ1) is 8.82. The van der Waals surface area contributed by atoms with Crippen LogP contribution in [0.25, 0.3) is 6.08 Å². The molecule has 0 radical (unpaired) electrons. The average Bonchev–Trinajstić information content (AvgIpc) is 2.52. The van der Waals surface area contributed by atoms with Crippen molar-refractivity contribution in [2.45, 2.75) is 13.3 Å². The SMILES string of the molecule is CC/C(=C/c1cccs1)CCl. The van der Waals surface area contributed by atoms with Gasteiger partial charge in [0.1, 0.15) is 0 Å². The molecule has 11 heavy (non-hydrogen) atoms. The summed E-state index contributed by atoms with van der Waals surface area (Å²) in [6.45, 7) is 2.13. The normalized spacial score (nSPS) is 12.0. The quantitative estimate of drug-likeness (QED) is 0.631. The third-order valence-electron chi connectivity index (χ3n) is 1.52. The van der Waals surface area contributed by atoms with Crippen molar-refractivity contribution in [1.29, 1.82) is 0 Å². The molecule has 2 heteroatoms. The second-order valence-electron chi connectivity index (χ2n) is 2.31. The number of rotatable bonds is 3. The van der Waals surface area contributed by atoms with Gasteiger partial charge in [-0.3, -0.25) is 0 Å². The molecule has 60 valence electrons. The van der Waals surface area contributed by atoms with Crippen molar-refractivity contribution in [2.24, 2.45) is 0 Å². The molecule has 1 heterocycles. The van der Waals surface area contributed by atoms with Crippen LogP contribution in [-0.4, -0.2) is 5.88 Å². The van der Waals surface area contributed by atoms with Crippen LogP contribution in [0.2, 0.25) is 0 Å². The molecule has 0 aliphatic heterocycles. The summed E-state index contributed by atoms with van der Waals surface area (Å²) in [6.07, 6.45) is 3.21. The second kappa shape index (κ2) is 4.58. The minimum atomic E-state index is 0.647. The molecule has 1 rings (SSSR count). The van der Waals surface area contributed by atoms with E-state index in [1.54, 1.807) is 11.3 Å². The summed E-state index contributed by atoms with van der Waals surface area (Å²) in [7, 11) is 0. The molecule has 1 aromatic heterocycles. The van der Waals surface area contributed by atoms with E-state index < -0.39 is 0 Å². The summed E-state index contributed by atoms with van der Waals surface area (Å²) < 4.78 is 0. The lowest BCUT2D eigenvalue weighted by Crippen LogP contribution is -1.79. The molecule has 0 aromatic carbocycles. The van der Waals surface area contributed by atoms with Crippen LogP contribution >= 0.6 is 22.9 Å². The summed E-state index contributed by atoms with van der Waals surface area (Å²) in [5, 5.41) is 2.08. The molecular weight excluding hydrogens is 176 g/mol. The van der Waals surface area contributed by atoms with Crippen molar-refractivity contribution in [3.8, 4) is 0 Å². The Kier molecular flexibility index (Phi) is 3.67. The maximum Gasteiger partial charge on any atom is 0.0437 e. The third kappa shape index (κ3) is 2.68. The van der Waals surface area contributed by atoms with Gasteiger partial charge >= 0.3 is 0 Å². The minimum absolute atomic E-state index is 0.647. The van der Waals surface area contributed by atoms with Crippen molar-refractivity contribution >= 4 is 29.0 Å². The van der Waals surface area contributed by atoms with E-state index in [4.69, 9.17) is 11.6 Å². The van der Waals surface area contributed by atoms with E-state index in [1.807, 2.05) is 0 Å². The van der Waals surface area contributed by atoms with E-state index in [1.165, 1.54) is 10.5 Å². The monoisotopic (exact) mass is 186 g/mol. The fourth-order valence-corrected chi connectivity index (χ4v) is 1.78. The van der Waals surface area contributed by atoms with E-state index in [2.05, 4.69) is 30.5 Å². The molecule has 0 bridgehead atoms. The molecule has 0 N–H and O–H groups in total. The Bertz CT molecular complexity index is 218. The van der Waals surface area contributed by atoms with Crippen LogP contribution in [0.4, 0.5) is 0 Å². The Hall–Kier alpha value is -0.270. The molecule has 0 nitrogen and oxygen atoms in total. The van der Waals surface area contributed by atoms with Crippen LogP contribution in [0.5, 0.6) is 0 Å². The van der Waals surface area contributed by atoms with E-state index in [0.717, 1.165) is 6.42 Å². The van der Waals surface area contributed by atoms with Crippen LogP contribution in [0, 0.1) is 0 Å². The molecule has 0 fully saturated rings. The number of hydrogen-bond donors (Lipinski definition) is 0. The number of allylic oxidation sites excluding steroid dienone is 1. The molecule has 0 amide bonds. The van der Waals surface area contributed by atoms with Gasteiger partial charge in [0.25, 0.3) is 0 Å². The highest BCUT2D eigenvalue weighted by Crippen LogP contribution is 2.15. The van der Waals surface area contributed by atoms with Crippen molar-refractivity contribution in [3.05, 3.63) is 28.0 Å². The smallest absolute Gasteiger partial charge is 0.0437 e. The largest absolute Gasteiger partial charge is 0.144 e. The number of alkyl halides is 1. The molecule has 0 atom stereocenters. The van der Waals surface area contributed by atoms with Gasteiger partial charge in [-0.1, -0.05) is 18.6 Å². The molecular formula is C9H11ClS. The minimum Gasteiger partial charge on any atom is -0.144 e. The average molecular weight is 187 g/mol.